The number of carbonyl (C=O) groups excluding carboxylic acids is 2. The van der Waals surface area contributed by atoms with Gasteiger partial charge in [-0.1, -0.05) is 23.7 Å². The Morgan fingerprint density at radius 1 is 1.26 bits per heavy atom. The molecule has 27 heavy (non-hydrogen) atoms. The topological polar surface area (TPSA) is 83.9 Å². The molecule has 1 aliphatic heterocycles. The zero-order valence-corrected chi connectivity index (χ0v) is 16.7. The van der Waals surface area contributed by atoms with Gasteiger partial charge in [0.05, 0.1) is 15.1 Å². The van der Waals surface area contributed by atoms with Crippen LogP contribution in [-0.4, -0.2) is 28.8 Å². The molecule has 0 spiro atoms. The number of carboxylic acid groups (broad SMARTS) is 1. The molecule has 1 fully saturated rings. The number of anilines is 1. The molecule has 138 valence electrons. The number of halogens is 2. The van der Waals surface area contributed by atoms with Gasteiger partial charge >= 0.3 is 5.97 Å². The van der Waals surface area contributed by atoms with Gasteiger partial charge in [0.15, 0.2) is 6.61 Å². The average molecular weight is 469 g/mol. The second-order valence-corrected chi connectivity index (χ2v) is 7.65. The van der Waals surface area contributed by atoms with Gasteiger partial charge in [-0.15, -0.1) is 0 Å². The molecule has 0 bridgehead atoms. The lowest BCUT2D eigenvalue weighted by Crippen LogP contribution is -2.27. The summed E-state index contributed by atoms with van der Waals surface area (Å²) in [6.45, 7) is -0.462. The number of carbonyl (C=O) groups is 3. The number of aliphatic carboxylic acids is 1. The predicted octanol–water partition coefficient (Wildman–Crippen LogP) is 4.81. The maximum absolute atomic E-state index is 12.6. The standard InChI is InChI=1S/C18H11BrClNO5S/c19-13-6-10(4-5-14(13)26-9-16(22)23)7-15-17(24)21(18(25)27-15)12-3-1-2-11(20)8-12/h1-8H,9H2,(H,22,23)/b15-7+. The largest absolute Gasteiger partial charge is 0.481 e. The van der Waals surface area contributed by atoms with Crippen LogP contribution in [-0.2, 0) is 9.59 Å². The first-order chi connectivity index (χ1) is 12.8. The van der Waals surface area contributed by atoms with E-state index in [0.717, 1.165) is 16.7 Å². The quantitative estimate of drug-likeness (QED) is 0.634. The van der Waals surface area contributed by atoms with Gasteiger partial charge in [-0.25, -0.2) is 9.69 Å². The van der Waals surface area contributed by atoms with E-state index in [2.05, 4.69) is 15.9 Å². The van der Waals surface area contributed by atoms with E-state index in [1.165, 1.54) is 0 Å². The second-order valence-electron chi connectivity index (χ2n) is 5.37. The lowest BCUT2D eigenvalue weighted by molar-refractivity contribution is -0.139. The van der Waals surface area contributed by atoms with Crippen LogP contribution in [0.5, 0.6) is 5.75 Å². The Hall–Kier alpha value is -2.29. The van der Waals surface area contributed by atoms with Crippen molar-refractivity contribution in [2.75, 3.05) is 11.5 Å². The zero-order chi connectivity index (χ0) is 19.6. The van der Waals surface area contributed by atoms with E-state index in [1.54, 1.807) is 48.5 Å². The molecule has 0 atom stereocenters. The Morgan fingerprint density at radius 2 is 2.04 bits per heavy atom. The van der Waals surface area contributed by atoms with Crippen LogP contribution < -0.4 is 9.64 Å². The van der Waals surface area contributed by atoms with Crippen LogP contribution in [0.25, 0.3) is 6.08 Å². The van der Waals surface area contributed by atoms with Crippen LogP contribution in [0.1, 0.15) is 5.56 Å². The summed E-state index contributed by atoms with van der Waals surface area (Å²) >= 11 is 10.1. The van der Waals surface area contributed by atoms with Gasteiger partial charge in [-0.2, -0.15) is 0 Å². The lowest BCUT2D eigenvalue weighted by atomic mass is 10.2. The summed E-state index contributed by atoms with van der Waals surface area (Å²) in [6, 6.07) is 11.4. The normalized spacial score (nSPS) is 15.5. The predicted molar refractivity (Wildman–Crippen MR) is 107 cm³/mol. The minimum absolute atomic E-state index is 0.270. The average Bonchev–Trinajstić information content (AvgIpc) is 2.87. The van der Waals surface area contributed by atoms with E-state index >= 15 is 0 Å². The van der Waals surface area contributed by atoms with Crippen molar-refractivity contribution < 1.29 is 24.2 Å². The maximum Gasteiger partial charge on any atom is 0.341 e. The smallest absolute Gasteiger partial charge is 0.341 e. The molecule has 0 saturated carbocycles. The van der Waals surface area contributed by atoms with Crippen molar-refractivity contribution in [2.24, 2.45) is 0 Å². The van der Waals surface area contributed by atoms with E-state index < -0.39 is 23.7 Å². The van der Waals surface area contributed by atoms with Crippen molar-refractivity contribution in [1.29, 1.82) is 0 Å². The number of amides is 2. The number of benzene rings is 2. The Balaban J connectivity index is 1.83. The first-order valence-corrected chi connectivity index (χ1v) is 9.51. The third-order valence-corrected chi connectivity index (χ3v) is 5.19. The Morgan fingerprint density at radius 3 is 2.70 bits per heavy atom. The summed E-state index contributed by atoms with van der Waals surface area (Å²) in [7, 11) is 0. The highest BCUT2D eigenvalue weighted by atomic mass is 79.9. The fraction of sp³-hybridized carbons (Fsp3) is 0.0556. The third kappa shape index (κ3) is 4.52. The number of hydrogen-bond acceptors (Lipinski definition) is 5. The van der Waals surface area contributed by atoms with E-state index in [1.807, 2.05) is 0 Å². The maximum atomic E-state index is 12.6. The molecule has 1 heterocycles. The van der Waals surface area contributed by atoms with E-state index in [-0.39, 0.29) is 4.91 Å². The van der Waals surface area contributed by atoms with Gasteiger partial charge in [0, 0.05) is 5.02 Å². The Kier molecular flexibility index (Phi) is 5.88. The van der Waals surface area contributed by atoms with Gasteiger partial charge in [-0.3, -0.25) is 9.59 Å². The molecule has 2 aromatic carbocycles. The Bertz CT molecular complexity index is 978. The number of carboxylic acids is 1. The summed E-state index contributed by atoms with van der Waals surface area (Å²) < 4.78 is 5.67. The molecule has 9 heteroatoms. The van der Waals surface area contributed by atoms with Crippen LogP contribution in [0, 0.1) is 0 Å². The molecule has 6 nitrogen and oxygen atoms in total. The highest BCUT2D eigenvalue weighted by molar-refractivity contribution is 9.10. The van der Waals surface area contributed by atoms with Gasteiger partial charge in [0.25, 0.3) is 11.1 Å². The van der Waals surface area contributed by atoms with Gasteiger partial charge in [0.2, 0.25) is 0 Å². The third-order valence-electron chi connectivity index (χ3n) is 3.46. The molecular weight excluding hydrogens is 458 g/mol. The molecule has 1 N–H and O–H groups in total. The van der Waals surface area contributed by atoms with Crippen molar-refractivity contribution in [2.45, 2.75) is 0 Å². The lowest BCUT2D eigenvalue weighted by Gasteiger charge is -2.12. The van der Waals surface area contributed by atoms with E-state index in [0.29, 0.717) is 26.5 Å². The number of ether oxygens (including phenoxy) is 1. The van der Waals surface area contributed by atoms with Crippen LogP contribution in [0.4, 0.5) is 10.5 Å². The fourth-order valence-corrected chi connectivity index (χ4v) is 3.86. The van der Waals surface area contributed by atoms with Gasteiger partial charge in [-0.05, 0) is 69.7 Å². The number of rotatable bonds is 5. The van der Waals surface area contributed by atoms with E-state index in [9.17, 15) is 14.4 Å². The summed E-state index contributed by atoms with van der Waals surface area (Å²) in [6.07, 6.45) is 1.58. The molecule has 3 rings (SSSR count). The van der Waals surface area contributed by atoms with E-state index in [4.69, 9.17) is 21.4 Å². The first-order valence-electron chi connectivity index (χ1n) is 7.53. The number of nitrogens with zero attached hydrogens (tertiary/aromatic N) is 1. The summed E-state index contributed by atoms with van der Waals surface area (Å²) in [5, 5.41) is 8.68. The number of hydrogen-bond donors (Lipinski definition) is 1. The molecule has 0 aromatic heterocycles. The minimum atomic E-state index is -1.08. The minimum Gasteiger partial charge on any atom is -0.481 e. The van der Waals surface area contributed by atoms with Crippen molar-refractivity contribution in [1.82, 2.24) is 0 Å². The molecule has 2 amide bonds. The van der Waals surface area contributed by atoms with Crippen molar-refractivity contribution in [3.05, 3.63) is 62.4 Å². The highest BCUT2D eigenvalue weighted by Crippen LogP contribution is 2.37. The molecule has 0 unspecified atom stereocenters. The number of imide groups is 1. The van der Waals surface area contributed by atoms with Gasteiger partial charge in [0.1, 0.15) is 5.75 Å². The summed E-state index contributed by atoms with van der Waals surface area (Å²) in [5.41, 5.74) is 1.06. The van der Waals surface area contributed by atoms with Crippen LogP contribution in [0.15, 0.2) is 51.8 Å². The summed E-state index contributed by atoms with van der Waals surface area (Å²) in [4.78, 5) is 36.8. The second kappa shape index (κ2) is 8.16. The molecule has 1 aliphatic rings. The van der Waals surface area contributed by atoms with Crippen LogP contribution >= 0.6 is 39.3 Å². The van der Waals surface area contributed by atoms with Crippen LogP contribution in [0.2, 0.25) is 5.02 Å². The SMILES string of the molecule is O=C(O)COc1ccc(/C=C2/SC(=O)N(c3cccc(Cl)c3)C2=O)cc1Br. The fourth-order valence-electron chi connectivity index (χ4n) is 2.32. The molecular formula is C18H11BrClNO5S. The molecule has 2 aromatic rings. The number of thioether (sulfide) groups is 1. The van der Waals surface area contributed by atoms with Crippen molar-refractivity contribution >= 4 is 68.2 Å². The summed E-state index contributed by atoms with van der Waals surface area (Å²) in [5.74, 6) is -1.16. The van der Waals surface area contributed by atoms with Crippen molar-refractivity contribution in [3.8, 4) is 5.75 Å². The van der Waals surface area contributed by atoms with Gasteiger partial charge < -0.3 is 9.84 Å². The van der Waals surface area contributed by atoms with Crippen molar-refractivity contribution in [3.63, 3.8) is 0 Å². The monoisotopic (exact) mass is 467 g/mol. The first kappa shape index (κ1) is 19.5. The Labute approximate surface area is 171 Å². The molecule has 0 radical (unpaired) electrons. The van der Waals surface area contributed by atoms with Crippen LogP contribution in [0.3, 0.4) is 0 Å². The highest BCUT2D eigenvalue weighted by Gasteiger charge is 2.36. The zero-order valence-electron chi connectivity index (χ0n) is 13.5. The molecule has 0 aliphatic carbocycles. The molecule has 1 saturated heterocycles.